The second-order valence-electron chi connectivity index (χ2n) is 4.74. The lowest BCUT2D eigenvalue weighted by molar-refractivity contribution is 0.470. The summed E-state index contributed by atoms with van der Waals surface area (Å²) in [5, 5.41) is 3.31. The molecule has 0 aliphatic rings. The Morgan fingerprint density at radius 2 is 1.95 bits per heavy atom. The van der Waals surface area contributed by atoms with E-state index >= 15 is 0 Å². The van der Waals surface area contributed by atoms with Crippen LogP contribution in [0.4, 0.5) is 0 Å². The van der Waals surface area contributed by atoms with Gasteiger partial charge < -0.3 is 10.1 Å². The van der Waals surface area contributed by atoms with E-state index in [4.69, 9.17) is 4.74 Å². The third kappa shape index (κ3) is 3.58. The molecule has 0 saturated carbocycles. The molecule has 0 atom stereocenters. The van der Waals surface area contributed by atoms with E-state index in [-0.39, 0.29) is 0 Å². The van der Waals surface area contributed by atoms with Gasteiger partial charge in [-0.15, -0.1) is 0 Å². The molecule has 0 unspecified atom stereocenters. The molecule has 0 aliphatic heterocycles. The Balaban J connectivity index is 2.26. The van der Waals surface area contributed by atoms with Gasteiger partial charge in [-0.1, -0.05) is 22.9 Å². The summed E-state index contributed by atoms with van der Waals surface area (Å²) in [5.74, 6) is 1.64. The fraction of sp³-hybridized carbons (Fsp3) is 0.312. The van der Waals surface area contributed by atoms with Crippen LogP contribution in [0.15, 0.2) is 35.1 Å². The van der Waals surface area contributed by atoms with Gasteiger partial charge in [-0.05, 0) is 49.7 Å². The largest absolute Gasteiger partial charge is 0.455 e. The summed E-state index contributed by atoms with van der Waals surface area (Å²) in [5.41, 5.74) is 3.44. The Morgan fingerprint density at radius 3 is 2.60 bits per heavy atom. The van der Waals surface area contributed by atoms with Gasteiger partial charge in [-0.3, -0.25) is 4.98 Å². The van der Waals surface area contributed by atoms with Crippen LogP contribution in [0, 0.1) is 13.8 Å². The van der Waals surface area contributed by atoms with Crippen LogP contribution in [0.3, 0.4) is 0 Å². The van der Waals surface area contributed by atoms with Gasteiger partial charge in [0.25, 0.3) is 0 Å². The van der Waals surface area contributed by atoms with Crippen molar-refractivity contribution in [1.29, 1.82) is 0 Å². The van der Waals surface area contributed by atoms with Gasteiger partial charge in [0, 0.05) is 22.8 Å². The highest BCUT2D eigenvalue weighted by molar-refractivity contribution is 9.10. The number of pyridine rings is 1. The molecule has 2 aromatic rings. The number of halogens is 1. The molecule has 0 amide bonds. The highest BCUT2D eigenvalue weighted by Crippen LogP contribution is 2.30. The van der Waals surface area contributed by atoms with Crippen molar-refractivity contribution in [2.45, 2.75) is 27.3 Å². The number of aromatic nitrogens is 1. The van der Waals surface area contributed by atoms with Crippen LogP contribution in [-0.4, -0.2) is 11.5 Å². The maximum Gasteiger partial charge on any atom is 0.150 e. The summed E-state index contributed by atoms with van der Waals surface area (Å²) in [6.07, 6.45) is 3.55. The molecule has 2 rings (SSSR count). The van der Waals surface area contributed by atoms with E-state index in [2.05, 4.69) is 47.0 Å². The predicted molar refractivity (Wildman–Crippen MR) is 85.3 cm³/mol. The molecule has 0 saturated heterocycles. The van der Waals surface area contributed by atoms with E-state index in [0.29, 0.717) is 0 Å². The second kappa shape index (κ2) is 6.86. The molecule has 0 spiro atoms. The Morgan fingerprint density at radius 1 is 1.25 bits per heavy atom. The molecule has 0 aliphatic carbocycles. The first-order valence-corrected chi connectivity index (χ1v) is 7.49. The highest BCUT2D eigenvalue weighted by atomic mass is 79.9. The van der Waals surface area contributed by atoms with Gasteiger partial charge >= 0.3 is 0 Å². The van der Waals surface area contributed by atoms with Crippen LogP contribution in [-0.2, 0) is 6.54 Å². The van der Waals surface area contributed by atoms with Crippen molar-refractivity contribution in [1.82, 2.24) is 10.3 Å². The van der Waals surface area contributed by atoms with Gasteiger partial charge in [-0.25, -0.2) is 0 Å². The van der Waals surface area contributed by atoms with Crippen LogP contribution >= 0.6 is 15.9 Å². The summed E-state index contributed by atoms with van der Waals surface area (Å²) in [7, 11) is 0. The van der Waals surface area contributed by atoms with E-state index in [1.165, 1.54) is 0 Å². The van der Waals surface area contributed by atoms with Crippen LogP contribution in [0.2, 0.25) is 0 Å². The van der Waals surface area contributed by atoms with E-state index in [0.717, 1.165) is 45.8 Å². The van der Waals surface area contributed by atoms with Crippen LogP contribution in [0.25, 0.3) is 0 Å². The molecular weight excluding hydrogens is 316 g/mol. The third-order valence-corrected chi connectivity index (χ3v) is 4.32. The number of benzene rings is 1. The number of rotatable bonds is 5. The predicted octanol–water partition coefficient (Wildman–Crippen LogP) is 4.36. The zero-order chi connectivity index (χ0) is 14.5. The molecule has 1 N–H and O–H groups in total. The molecule has 1 aromatic heterocycles. The average Bonchev–Trinajstić information content (AvgIpc) is 2.44. The first kappa shape index (κ1) is 15.0. The van der Waals surface area contributed by atoms with Crippen LogP contribution in [0.1, 0.15) is 23.6 Å². The molecule has 0 bridgehead atoms. The van der Waals surface area contributed by atoms with E-state index in [1.807, 2.05) is 18.2 Å². The summed E-state index contributed by atoms with van der Waals surface area (Å²) >= 11 is 3.57. The topological polar surface area (TPSA) is 34.2 Å². The van der Waals surface area contributed by atoms with E-state index < -0.39 is 0 Å². The smallest absolute Gasteiger partial charge is 0.150 e. The van der Waals surface area contributed by atoms with Crippen molar-refractivity contribution in [2.24, 2.45) is 0 Å². The van der Waals surface area contributed by atoms with Gasteiger partial charge in [0.2, 0.25) is 0 Å². The molecule has 0 fully saturated rings. The lowest BCUT2D eigenvalue weighted by atomic mass is 10.1. The van der Waals surface area contributed by atoms with Gasteiger partial charge in [-0.2, -0.15) is 0 Å². The number of nitrogens with one attached hydrogen (secondary N) is 1. The Bertz CT molecular complexity index is 576. The number of ether oxygens (including phenoxy) is 1. The minimum atomic E-state index is 0.781. The summed E-state index contributed by atoms with van der Waals surface area (Å²) in [6, 6.07) is 6.04. The second-order valence-corrected chi connectivity index (χ2v) is 5.53. The van der Waals surface area contributed by atoms with Crippen molar-refractivity contribution >= 4 is 15.9 Å². The van der Waals surface area contributed by atoms with E-state index in [9.17, 15) is 0 Å². The summed E-state index contributed by atoms with van der Waals surface area (Å²) < 4.78 is 7.13. The van der Waals surface area contributed by atoms with Crippen molar-refractivity contribution in [3.8, 4) is 11.5 Å². The van der Waals surface area contributed by atoms with Gasteiger partial charge in [0.15, 0.2) is 0 Å². The maximum atomic E-state index is 6.00. The quantitative estimate of drug-likeness (QED) is 0.881. The van der Waals surface area contributed by atoms with Gasteiger partial charge in [0.05, 0.1) is 6.20 Å². The molecular formula is C16H19BrN2O. The Kier molecular flexibility index (Phi) is 5.15. The average molecular weight is 335 g/mol. The molecule has 3 nitrogen and oxygen atoms in total. The number of hydrogen-bond acceptors (Lipinski definition) is 3. The first-order valence-electron chi connectivity index (χ1n) is 6.70. The molecule has 106 valence electrons. The molecule has 0 radical (unpaired) electrons. The zero-order valence-corrected chi connectivity index (χ0v) is 13.6. The normalized spacial score (nSPS) is 10.6. The fourth-order valence-corrected chi connectivity index (χ4v) is 2.23. The summed E-state index contributed by atoms with van der Waals surface area (Å²) in [4.78, 5) is 4.15. The Labute approximate surface area is 128 Å². The van der Waals surface area contributed by atoms with Crippen molar-refractivity contribution < 1.29 is 4.74 Å². The SMILES string of the molecule is CCNCc1ccncc1Oc1cc(C)c(Br)c(C)c1. The molecule has 20 heavy (non-hydrogen) atoms. The lowest BCUT2D eigenvalue weighted by Crippen LogP contribution is -2.12. The first-order chi connectivity index (χ1) is 9.61. The highest BCUT2D eigenvalue weighted by Gasteiger charge is 2.07. The van der Waals surface area contributed by atoms with Crippen LogP contribution in [0.5, 0.6) is 11.5 Å². The molecule has 1 aromatic carbocycles. The minimum Gasteiger partial charge on any atom is -0.455 e. The van der Waals surface area contributed by atoms with Crippen molar-refractivity contribution in [2.75, 3.05) is 6.54 Å². The minimum absolute atomic E-state index is 0.781. The van der Waals surface area contributed by atoms with Crippen molar-refractivity contribution in [3.05, 3.63) is 51.8 Å². The zero-order valence-electron chi connectivity index (χ0n) is 12.0. The number of hydrogen-bond donors (Lipinski definition) is 1. The van der Waals surface area contributed by atoms with E-state index in [1.54, 1.807) is 12.4 Å². The fourth-order valence-electron chi connectivity index (χ4n) is 2.00. The number of nitrogens with zero attached hydrogens (tertiary/aromatic N) is 1. The van der Waals surface area contributed by atoms with Crippen LogP contribution < -0.4 is 10.1 Å². The third-order valence-electron chi connectivity index (χ3n) is 3.07. The monoisotopic (exact) mass is 334 g/mol. The Hall–Kier alpha value is -1.39. The van der Waals surface area contributed by atoms with Crippen molar-refractivity contribution in [3.63, 3.8) is 0 Å². The summed E-state index contributed by atoms with van der Waals surface area (Å²) in [6.45, 7) is 7.92. The molecule has 1 heterocycles. The standard InChI is InChI=1S/C16H19BrN2O/c1-4-18-9-13-5-6-19-10-15(13)20-14-7-11(2)16(17)12(3)8-14/h5-8,10,18H,4,9H2,1-3H3. The maximum absolute atomic E-state index is 6.00. The number of aryl methyl sites for hydroxylation is 2. The molecule has 4 heteroatoms. The lowest BCUT2D eigenvalue weighted by Gasteiger charge is -2.13. The van der Waals surface area contributed by atoms with Gasteiger partial charge in [0.1, 0.15) is 11.5 Å².